The van der Waals surface area contributed by atoms with E-state index in [0.717, 1.165) is 50.5 Å². The molecular formula is C13H24N6. The van der Waals surface area contributed by atoms with E-state index in [4.69, 9.17) is 5.73 Å². The standard InChI is InChI=1S/C13H24N6/c1-3-6-15-11-9-12(18-13(14)17-11)16-10-4-7-19(2)8-5-10/h9-10H,3-8H2,1-2H3,(H4,14,15,16,17,18). The Hall–Kier alpha value is -1.56. The Morgan fingerprint density at radius 3 is 2.68 bits per heavy atom. The van der Waals surface area contributed by atoms with Crippen LogP contribution in [-0.2, 0) is 0 Å². The fourth-order valence-corrected chi connectivity index (χ4v) is 2.25. The third-order valence-electron chi connectivity index (χ3n) is 3.37. The van der Waals surface area contributed by atoms with Crippen LogP contribution < -0.4 is 16.4 Å². The summed E-state index contributed by atoms with van der Waals surface area (Å²) in [5.74, 6) is 1.93. The Labute approximate surface area is 114 Å². The van der Waals surface area contributed by atoms with Crippen LogP contribution in [0.1, 0.15) is 26.2 Å². The molecule has 6 nitrogen and oxygen atoms in total. The summed E-state index contributed by atoms with van der Waals surface area (Å²) < 4.78 is 0. The molecule has 0 atom stereocenters. The highest BCUT2D eigenvalue weighted by molar-refractivity contribution is 5.51. The number of anilines is 3. The Balaban J connectivity index is 1.97. The van der Waals surface area contributed by atoms with Crippen molar-refractivity contribution >= 4 is 17.6 Å². The van der Waals surface area contributed by atoms with Crippen LogP contribution in [0.2, 0.25) is 0 Å². The van der Waals surface area contributed by atoms with Gasteiger partial charge in [0.15, 0.2) is 0 Å². The second kappa shape index (κ2) is 6.56. The predicted octanol–water partition coefficient (Wildman–Crippen LogP) is 1.39. The van der Waals surface area contributed by atoms with Crippen LogP contribution in [0.5, 0.6) is 0 Å². The quantitative estimate of drug-likeness (QED) is 0.746. The van der Waals surface area contributed by atoms with Crippen LogP contribution in [0.4, 0.5) is 17.6 Å². The lowest BCUT2D eigenvalue weighted by atomic mass is 10.1. The largest absolute Gasteiger partial charge is 0.370 e. The lowest BCUT2D eigenvalue weighted by Crippen LogP contribution is -2.36. The molecule has 0 spiro atoms. The number of nitrogens with one attached hydrogen (secondary N) is 2. The van der Waals surface area contributed by atoms with Crippen LogP contribution in [0.3, 0.4) is 0 Å². The summed E-state index contributed by atoms with van der Waals surface area (Å²) in [6, 6.07) is 2.41. The van der Waals surface area contributed by atoms with Crippen molar-refractivity contribution in [2.45, 2.75) is 32.2 Å². The molecule has 1 aliphatic rings. The highest BCUT2D eigenvalue weighted by Gasteiger charge is 2.17. The second-order valence-corrected chi connectivity index (χ2v) is 5.15. The maximum atomic E-state index is 5.75. The highest BCUT2D eigenvalue weighted by atomic mass is 15.2. The van der Waals surface area contributed by atoms with Gasteiger partial charge in [0, 0.05) is 18.7 Å². The second-order valence-electron chi connectivity index (χ2n) is 5.15. The van der Waals surface area contributed by atoms with Crippen molar-refractivity contribution in [3.8, 4) is 0 Å². The maximum Gasteiger partial charge on any atom is 0.223 e. The van der Waals surface area contributed by atoms with Gasteiger partial charge >= 0.3 is 0 Å². The van der Waals surface area contributed by atoms with Crippen molar-refractivity contribution in [3.05, 3.63) is 6.07 Å². The van der Waals surface area contributed by atoms with Crippen molar-refractivity contribution in [1.29, 1.82) is 0 Å². The average Bonchev–Trinajstić information content (AvgIpc) is 2.38. The number of hydrogen-bond donors (Lipinski definition) is 3. The van der Waals surface area contributed by atoms with E-state index in [1.54, 1.807) is 0 Å². The minimum Gasteiger partial charge on any atom is -0.370 e. The molecule has 0 aromatic carbocycles. The number of nitrogens with zero attached hydrogens (tertiary/aromatic N) is 3. The Morgan fingerprint density at radius 2 is 2.00 bits per heavy atom. The van der Waals surface area contributed by atoms with E-state index >= 15 is 0 Å². The van der Waals surface area contributed by atoms with E-state index < -0.39 is 0 Å². The Bertz CT molecular complexity index is 400. The van der Waals surface area contributed by atoms with E-state index in [2.05, 4.69) is 39.5 Å². The van der Waals surface area contributed by atoms with E-state index in [-0.39, 0.29) is 0 Å². The molecule has 1 fully saturated rings. The summed E-state index contributed by atoms with van der Waals surface area (Å²) in [6.07, 6.45) is 3.33. The third kappa shape index (κ3) is 4.24. The fraction of sp³-hybridized carbons (Fsp3) is 0.692. The summed E-state index contributed by atoms with van der Waals surface area (Å²) >= 11 is 0. The molecule has 0 unspecified atom stereocenters. The Morgan fingerprint density at radius 1 is 1.32 bits per heavy atom. The SMILES string of the molecule is CCCNc1cc(NC2CCN(C)CC2)nc(N)n1. The summed E-state index contributed by atoms with van der Waals surface area (Å²) in [5.41, 5.74) is 5.75. The average molecular weight is 264 g/mol. The van der Waals surface area contributed by atoms with Gasteiger partial charge in [-0.2, -0.15) is 9.97 Å². The van der Waals surface area contributed by atoms with Gasteiger partial charge in [-0.25, -0.2) is 0 Å². The van der Waals surface area contributed by atoms with E-state index in [0.29, 0.717) is 12.0 Å². The topological polar surface area (TPSA) is 79.1 Å². The van der Waals surface area contributed by atoms with Gasteiger partial charge in [0.1, 0.15) is 11.6 Å². The zero-order chi connectivity index (χ0) is 13.7. The highest BCUT2D eigenvalue weighted by Crippen LogP contribution is 2.17. The van der Waals surface area contributed by atoms with Crippen molar-refractivity contribution in [1.82, 2.24) is 14.9 Å². The molecule has 4 N–H and O–H groups in total. The molecule has 2 heterocycles. The zero-order valence-corrected chi connectivity index (χ0v) is 11.8. The molecular weight excluding hydrogens is 240 g/mol. The van der Waals surface area contributed by atoms with Gasteiger partial charge in [-0.3, -0.25) is 0 Å². The molecule has 0 amide bonds. The first-order chi connectivity index (χ1) is 9.17. The monoisotopic (exact) mass is 264 g/mol. The van der Waals surface area contributed by atoms with Gasteiger partial charge < -0.3 is 21.3 Å². The van der Waals surface area contributed by atoms with Crippen LogP contribution in [0.25, 0.3) is 0 Å². The van der Waals surface area contributed by atoms with Crippen LogP contribution in [0, 0.1) is 0 Å². The summed E-state index contributed by atoms with van der Waals surface area (Å²) in [7, 11) is 2.16. The maximum absolute atomic E-state index is 5.75. The minimum absolute atomic E-state index is 0.316. The first-order valence-corrected chi connectivity index (χ1v) is 7.01. The molecule has 0 radical (unpaired) electrons. The molecule has 0 saturated carbocycles. The van der Waals surface area contributed by atoms with Crippen molar-refractivity contribution in [3.63, 3.8) is 0 Å². The minimum atomic E-state index is 0.316. The van der Waals surface area contributed by atoms with Gasteiger partial charge in [0.25, 0.3) is 0 Å². The smallest absolute Gasteiger partial charge is 0.223 e. The number of aromatic nitrogens is 2. The molecule has 1 aliphatic heterocycles. The van der Waals surface area contributed by atoms with Crippen LogP contribution >= 0.6 is 0 Å². The van der Waals surface area contributed by atoms with Crippen molar-refractivity contribution in [2.75, 3.05) is 43.0 Å². The van der Waals surface area contributed by atoms with E-state index in [1.807, 2.05) is 6.07 Å². The number of nitrogen functional groups attached to an aromatic ring is 1. The molecule has 0 aliphatic carbocycles. The van der Waals surface area contributed by atoms with Gasteiger partial charge in [-0.05, 0) is 39.4 Å². The predicted molar refractivity (Wildman–Crippen MR) is 79.4 cm³/mol. The van der Waals surface area contributed by atoms with Gasteiger partial charge in [0.2, 0.25) is 5.95 Å². The first-order valence-electron chi connectivity index (χ1n) is 7.01. The van der Waals surface area contributed by atoms with Gasteiger partial charge in [-0.1, -0.05) is 6.92 Å². The number of likely N-dealkylation sites (tertiary alicyclic amines) is 1. The first kappa shape index (κ1) is 13.9. The number of rotatable bonds is 5. The normalized spacial score (nSPS) is 17.4. The summed E-state index contributed by atoms with van der Waals surface area (Å²) in [4.78, 5) is 10.8. The number of hydrogen-bond acceptors (Lipinski definition) is 6. The summed E-state index contributed by atoms with van der Waals surface area (Å²) in [5, 5.41) is 6.70. The number of nitrogens with two attached hydrogens (primary N) is 1. The third-order valence-corrected chi connectivity index (χ3v) is 3.37. The molecule has 106 valence electrons. The number of piperidine rings is 1. The van der Waals surface area contributed by atoms with Crippen molar-refractivity contribution in [2.24, 2.45) is 0 Å². The van der Waals surface area contributed by atoms with Crippen LogP contribution in [0.15, 0.2) is 6.07 Å². The molecule has 0 bridgehead atoms. The molecule has 6 heteroatoms. The van der Waals surface area contributed by atoms with Gasteiger partial charge in [-0.15, -0.1) is 0 Å². The molecule has 2 rings (SSSR count). The van der Waals surface area contributed by atoms with E-state index in [9.17, 15) is 0 Å². The Kier molecular flexibility index (Phi) is 4.79. The summed E-state index contributed by atoms with van der Waals surface area (Å²) in [6.45, 7) is 5.26. The zero-order valence-electron chi connectivity index (χ0n) is 11.8. The molecule has 19 heavy (non-hydrogen) atoms. The lowest BCUT2D eigenvalue weighted by Gasteiger charge is -2.29. The molecule has 1 aromatic heterocycles. The lowest BCUT2D eigenvalue weighted by molar-refractivity contribution is 0.263. The van der Waals surface area contributed by atoms with Crippen molar-refractivity contribution < 1.29 is 0 Å². The molecule has 1 saturated heterocycles. The van der Waals surface area contributed by atoms with Crippen LogP contribution in [-0.4, -0.2) is 47.6 Å². The fourth-order valence-electron chi connectivity index (χ4n) is 2.25. The molecule has 1 aromatic rings. The van der Waals surface area contributed by atoms with E-state index in [1.165, 1.54) is 0 Å². The van der Waals surface area contributed by atoms with Gasteiger partial charge in [0.05, 0.1) is 0 Å².